The van der Waals surface area contributed by atoms with Crippen molar-refractivity contribution >= 4 is 21.9 Å². The molecular weight excluding hydrogens is 436 g/mol. The first-order chi connectivity index (χ1) is 14.6. The minimum absolute atomic E-state index is 0.0804. The largest absolute Gasteiger partial charge is 0.478 e. The average Bonchev–Trinajstić information content (AvgIpc) is 2.71. The third kappa shape index (κ3) is 3.14. The average molecular weight is 461 g/mol. The molecule has 0 amide bonds. The number of aliphatic carboxylic acids is 1. The van der Waals surface area contributed by atoms with Gasteiger partial charge in [-0.25, -0.2) is 13.6 Å². The molecule has 1 saturated heterocycles. The van der Waals surface area contributed by atoms with Gasteiger partial charge in [-0.2, -0.15) is 8.42 Å². The fourth-order valence-corrected chi connectivity index (χ4v) is 8.07. The summed E-state index contributed by atoms with van der Waals surface area (Å²) in [5.41, 5.74) is -0.463. The van der Waals surface area contributed by atoms with E-state index >= 15 is 0 Å². The standard InChI is InChI=1S/C20H25F2NO7S/c21-12-5-10-17-19(15(12)22)30-13-6-14(31(27,28)29)8-3-1-2-4-9(8)16(13)23(17)7-11(18(10)24)20(25)26/h7-10,12-17,19H,1-6H2,(H,25,26)(H,27,28,29). The van der Waals surface area contributed by atoms with Gasteiger partial charge < -0.3 is 14.7 Å². The number of rotatable bonds is 2. The Balaban J connectivity index is 1.62. The second-order valence-electron chi connectivity index (χ2n) is 9.48. The predicted octanol–water partition coefficient (Wildman–Crippen LogP) is 1.51. The van der Waals surface area contributed by atoms with Crippen molar-refractivity contribution in [2.24, 2.45) is 17.8 Å². The molecule has 5 rings (SSSR count). The lowest BCUT2D eigenvalue weighted by molar-refractivity contribution is -0.225. The molecule has 0 aromatic rings. The first-order valence-corrected chi connectivity index (χ1v) is 12.3. The fraction of sp³-hybridized carbons (Fsp3) is 0.800. The molecule has 0 bridgehead atoms. The van der Waals surface area contributed by atoms with Gasteiger partial charge in [0.25, 0.3) is 10.1 Å². The van der Waals surface area contributed by atoms with Crippen LogP contribution in [0.2, 0.25) is 0 Å². The van der Waals surface area contributed by atoms with Crippen LogP contribution in [0.1, 0.15) is 38.5 Å². The Labute approximate surface area is 178 Å². The van der Waals surface area contributed by atoms with E-state index in [2.05, 4.69) is 0 Å². The van der Waals surface area contributed by atoms with Crippen molar-refractivity contribution in [3.05, 3.63) is 11.8 Å². The van der Waals surface area contributed by atoms with Gasteiger partial charge in [-0.05, 0) is 37.5 Å². The van der Waals surface area contributed by atoms with Gasteiger partial charge in [-0.3, -0.25) is 9.35 Å². The molecule has 2 heterocycles. The van der Waals surface area contributed by atoms with Gasteiger partial charge in [0.2, 0.25) is 0 Å². The van der Waals surface area contributed by atoms with E-state index in [0.717, 1.165) is 12.8 Å². The molecular formula is C20H25F2NO7S. The number of nitrogens with zero attached hydrogens (tertiary/aromatic N) is 1. The van der Waals surface area contributed by atoms with E-state index in [-0.39, 0.29) is 18.3 Å². The molecule has 172 valence electrons. The summed E-state index contributed by atoms with van der Waals surface area (Å²) in [7, 11) is -4.38. The number of Topliss-reactive ketones (excluding diaryl/α,β-unsaturated/α-hetero) is 1. The maximum Gasteiger partial charge on any atom is 0.340 e. The van der Waals surface area contributed by atoms with Gasteiger partial charge in [0.1, 0.15) is 17.8 Å². The Morgan fingerprint density at radius 3 is 2.45 bits per heavy atom. The third-order valence-corrected chi connectivity index (χ3v) is 9.35. The summed E-state index contributed by atoms with van der Waals surface area (Å²) in [5.74, 6) is -3.76. The van der Waals surface area contributed by atoms with Crippen LogP contribution in [0.15, 0.2) is 11.8 Å². The van der Waals surface area contributed by atoms with E-state index in [4.69, 9.17) is 4.74 Å². The van der Waals surface area contributed by atoms with Crippen molar-refractivity contribution in [3.8, 4) is 0 Å². The van der Waals surface area contributed by atoms with Crippen molar-refractivity contribution in [1.29, 1.82) is 0 Å². The minimum Gasteiger partial charge on any atom is -0.478 e. The molecule has 0 spiro atoms. The molecule has 0 aromatic carbocycles. The first kappa shape index (κ1) is 21.3. The molecule has 31 heavy (non-hydrogen) atoms. The molecule has 5 aliphatic rings. The number of carboxylic acid groups (broad SMARTS) is 1. The summed E-state index contributed by atoms with van der Waals surface area (Å²) in [6, 6.07) is -1.29. The number of hydrogen-bond acceptors (Lipinski definition) is 6. The lowest BCUT2D eigenvalue weighted by Gasteiger charge is -2.61. The van der Waals surface area contributed by atoms with Crippen LogP contribution in [0, 0.1) is 17.8 Å². The molecule has 0 radical (unpaired) electrons. The Morgan fingerprint density at radius 2 is 1.81 bits per heavy atom. The highest BCUT2D eigenvalue weighted by molar-refractivity contribution is 7.86. The second kappa shape index (κ2) is 7.21. The summed E-state index contributed by atoms with van der Waals surface area (Å²) < 4.78 is 69.4. The summed E-state index contributed by atoms with van der Waals surface area (Å²) in [6.07, 6.45) is -2.49. The van der Waals surface area contributed by atoms with E-state index in [1.807, 2.05) is 0 Å². The van der Waals surface area contributed by atoms with Gasteiger partial charge in [0.15, 0.2) is 12.0 Å². The number of ether oxygens (including phenoxy) is 1. The SMILES string of the molecule is O=C(O)C1=CN2C3C(CC(S(=O)(=O)O)C4CCCCC43)OC3C(F)C(F)CC(C1=O)C32. The maximum atomic E-state index is 14.9. The Kier molecular flexibility index (Phi) is 4.95. The van der Waals surface area contributed by atoms with Crippen LogP contribution in [-0.4, -0.2) is 76.6 Å². The Hall–Kier alpha value is -1.59. The van der Waals surface area contributed by atoms with Gasteiger partial charge in [-0.1, -0.05) is 12.8 Å². The lowest BCUT2D eigenvalue weighted by atomic mass is 9.63. The summed E-state index contributed by atoms with van der Waals surface area (Å²) >= 11 is 0. The molecule has 0 aromatic heterocycles. The monoisotopic (exact) mass is 461 g/mol. The van der Waals surface area contributed by atoms with Crippen LogP contribution < -0.4 is 0 Å². The van der Waals surface area contributed by atoms with E-state index in [0.29, 0.717) is 12.8 Å². The van der Waals surface area contributed by atoms with E-state index in [1.54, 1.807) is 4.90 Å². The number of carbonyl (C=O) groups excluding carboxylic acids is 1. The van der Waals surface area contributed by atoms with Gasteiger partial charge >= 0.3 is 5.97 Å². The van der Waals surface area contributed by atoms with Crippen LogP contribution in [0.25, 0.3) is 0 Å². The number of alkyl halides is 2. The summed E-state index contributed by atoms with van der Waals surface area (Å²) in [6.45, 7) is 0. The molecule has 4 fully saturated rings. The highest BCUT2D eigenvalue weighted by Crippen LogP contribution is 2.52. The smallest absolute Gasteiger partial charge is 0.340 e. The van der Waals surface area contributed by atoms with Crippen molar-refractivity contribution < 1.29 is 41.2 Å². The Bertz CT molecular complexity index is 940. The Morgan fingerprint density at radius 1 is 1.13 bits per heavy atom. The number of hydrogen-bond donors (Lipinski definition) is 2. The molecule has 2 aliphatic heterocycles. The van der Waals surface area contributed by atoms with Crippen LogP contribution in [0.5, 0.6) is 0 Å². The van der Waals surface area contributed by atoms with Gasteiger partial charge in [0, 0.05) is 12.1 Å². The van der Waals surface area contributed by atoms with E-state index in [9.17, 15) is 36.4 Å². The molecule has 8 nitrogen and oxygen atoms in total. The van der Waals surface area contributed by atoms with Crippen LogP contribution in [0.3, 0.4) is 0 Å². The van der Waals surface area contributed by atoms with Crippen LogP contribution in [-0.2, 0) is 24.4 Å². The molecule has 10 unspecified atom stereocenters. The molecule has 3 aliphatic carbocycles. The molecule has 11 heteroatoms. The zero-order chi connectivity index (χ0) is 22.2. The van der Waals surface area contributed by atoms with Crippen LogP contribution >= 0.6 is 0 Å². The van der Waals surface area contributed by atoms with Gasteiger partial charge in [-0.15, -0.1) is 0 Å². The highest BCUT2D eigenvalue weighted by Gasteiger charge is 2.63. The first-order valence-electron chi connectivity index (χ1n) is 10.8. The number of halogens is 2. The quantitative estimate of drug-likeness (QED) is 0.469. The highest BCUT2D eigenvalue weighted by atomic mass is 32.2. The van der Waals surface area contributed by atoms with Crippen LogP contribution in [0.4, 0.5) is 8.78 Å². The number of ketones is 1. The third-order valence-electron chi connectivity index (χ3n) is 8.04. The van der Waals surface area contributed by atoms with E-state index in [1.165, 1.54) is 6.20 Å². The number of fused-ring (bicyclic) bond motifs is 4. The predicted molar refractivity (Wildman–Crippen MR) is 102 cm³/mol. The zero-order valence-electron chi connectivity index (χ0n) is 16.6. The fourth-order valence-electron chi connectivity index (χ4n) is 6.86. The van der Waals surface area contributed by atoms with Crippen molar-refractivity contribution in [2.75, 3.05) is 0 Å². The normalized spacial score (nSPS) is 47.0. The van der Waals surface area contributed by atoms with Crippen molar-refractivity contribution in [3.63, 3.8) is 0 Å². The molecule has 3 saturated carbocycles. The topological polar surface area (TPSA) is 121 Å². The zero-order valence-corrected chi connectivity index (χ0v) is 17.5. The van der Waals surface area contributed by atoms with Crippen molar-refractivity contribution in [1.82, 2.24) is 4.90 Å². The maximum absolute atomic E-state index is 14.9. The van der Waals surface area contributed by atoms with E-state index < -0.39 is 81.7 Å². The second-order valence-corrected chi connectivity index (χ2v) is 11.1. The number of carboxylic acids is 1. The van der Waals surface area contributed by atoms with Crippen molar-refractivity contribution in [2.45, 2.75) is 80.4 Å². The molecule has 10 atom stereocenters. The lowest BCUT2D eigenvalue weighted by Crippen LogP contribution is -2.73. The summed E-state index contributed by atoms with van der Waals surface area (Å²) in [5, 5.41) is 8.50. The summed E-state index contributed by atoms with van der Waals surface area (Å²) in [4.78, 5) is 26.2. The molecule has 2 N–H and O–H groups in total. The minimum atomic E-state index is -4.38. The number of morpholine rings is 1. The number of carbonyl (C=O) groups is 2. The van der Waals surface area contributed by atoms with Gasteiger partial charge in [0.05, 0.1) is 23.4 Å².